The molecule has 2 heterocycles. The Kier molecular flexibility index (Phi) is 5.95. The second-order valence-corrected chi connectivity index (χ2v) is 7.64. The minimum Gasteiger partial charge on any atom is -0.493 e. The van der Waals surface area contributed by atoms with Gasteiger partial charge in [-0.05, 0) is 25.1 Å². The molecule has 1 aliphatic rings. The van der Waals surface area contributed by atoms with Gasteiger partial charge in [0.05, 0.1) is 8.48 Å². The number of rotatable bonds is 5. The quantitative estimate of drug-likeness (QED) is 0.646. The van der Waals surface area contributed by atoms with Crippen LogP contribution in [0, 0.1) is 17.6 Å². The molecule has 1 aromatic heterocycles. The van der Waals surface area contributed by atoms with Crippen LogP contribution in [0.15, 0.2) is 30.4 Å². The molecule has 0 spiro atoms. The summed E-state index contributed by atoms with van der Waals surface area (Å²) in [7, 11) is 1.01. The molecule has 1 saturated heterocycles. The summed E-state index contributed by atoms with van der Waals surface area (Å²) in [5.41, 5.74) is 1.53. The van der Waals surface area contributed by atoms with Gasteiger partial charge < -0.3 is 20.5 Å². The molecule has 178 valence electrons. The van der Waals surface area contributed by atoms with Gasteiger partial charge in [0.1, 0.15) is 11.8 Å². The SMILES string of the molecule is [2H]c1cnc(C(N)=O)cc1NC(=O)[C@@H]1O[C@](C)(C(F)(F)F)[C@@H](C)[C@@H]1c1ccc(F)c(F)c1OC. The van der Waals surface area contributed by atoms with E-state index in [0.29, 0.717) is 6.07 Å². The summed E-state index contributed by atoms with van der Waals surface area (Å²) in [5, 5.41) is 2.25. The number of nitrogens with zero attached hydrogens (tertiary/aromatic N) is 1. The zero-order valence-electron chi connectivity index (χ0n) is 18.6. The molecule has 1 aliphatic heterocycles. The van der Waals surface area contributed by atoms with E-state index in [2.05, 4.69) is 10.3 Å². The monoisotopic (exact) mass is 474 g/mol. The zero-order chi connectivity index (χ0) is 25.6. The van der Waals surface area contributed by atoms with E-state index in [1.807, 2.05) is 0 Å². The van der Waals surface area contributed by atoms with Crippen molar-refractivity contribution in [2.75, 3.05) is 12.4 Å². The van der Waals surface area contributed by atoms with Crippen LogP contribution >= 0.6 is 0 Å². The molecular weight excluding hydrogens is 453 g/mol. The lowest BCUT2D eigenvalue weighted by Crippen LogP contribution is -2.47. The van der Waals surface area contributed by atoms with Gasteiger partial charge in [-0.3, -0.25) is 14.6 Å². The lowest BCUT2D eigenvalue weighted by molar-refractivity contribution is -0.272. The summed E-state index contributed by atoms with van der Waals surface area (Å²) in [6, 6.07) is 2.36. The molecule has 4 atom stereocenters. The summed E-state index contributed by atoms with van der Waals surface area (Å²) in [6.07, 6.45) is -5.87. The number of nitrogens with one attached hydrogen (secondary N) is 1. The predicted octanol–water partition coefficient (Wildman–Crippen LogP) is 3.55. The highest BCUT2D eigenvalue weighted by atomic mass is 19.4. The normalized spacial score (nSPS) is 25.5. The Morgan fingerprint density at radius 1 is 1.33 bits per heavy atom. The first-order chi connectivity index (χ1) is 15.7. The van der Waals surface area contributed by atoms with E-state index in [9.17, 15) is 31.5 Å². The van der Waals surface area contributed by atoms with E-state index in [0.717, 1.165) is 32.4 Å². The highest BCUT2D eigenvalue weighted by Crippen LogP contribution is 2.55. The van der Waals surface area contributed by atoms with Crippen molar-refractivity contribution in [2.24, 2.45) is 11.7 Å². The lowest BCUT2D eigenvalue weighted by atomic mass is 9.77. The van der Waals surface area contributed by atoms with Gasteiger partial charge in [-0.15, -0.1) is 0 Å². The van der Waals surface area contributed by atoms with Gasteiger partial charge in [-0.2, -0.15) is 17.6 Å². The lowest BCUT2D eigenvalue weighted by Gasteiger charge is -2.32. The fourth-order valence-electron chi connectivity index (χ4n) is 3.84. The molecule has 1 aromatic carbocycles. The van der Waals surface area contributed by atoms with Crippen molar-refractivity contribution >= 4 is 17.5 Å². The van der Waals surface area contributed by atoms with Crippen LogP contribution in [0.1, 0.15) is 37.2 Å². The maximum absolute atomic E-state index is 14.4. The number of carbonyl (C=O) groups excluding carboxylic acids is 2. The number of amides is 2. The van der Waals surface area contributed by atoms with E-state index in [-0.39, 0.29) is 23.0 Å². The number of primary amides is 1. The van der Waals surface area contributed by atoms with Gasteiger partial charge in [0, 0.05) is 29.3 Å². The second kappa shape index (κ2) is 8.58. The average Bonchev–Trinajstić information content (AvgIpc) is 3.03. The molecule has 12 heteroatoms. The molecule has 7 nitrogen and oxygen atoms in total. The average molecular weight is 474 g/mol. The number of aromatic nitrogens is 1. The molecule has 33 heavy (non-hydrogen) atoms. The first-order valence-electron chi connectivity index (χ1n) is 10.1. The Morgan fingerprint density at radius 2 is 2.00 bits per heavy atom. The van der Waals surface area contributed by atoms with E-state index in [4.69, 9.17) is 16.6 Å². The molecule has 3 N–H and O–H groups in total. The Labute approximate surface area is 186 Å². The molecule has 0 unspecified atom stereocenters. The van der Waals surface area contributed by atoms with Crippen LogP contribution in [0.3, 0.4) is 0 Å². The molecule has 1 fully saturated rings. The summed E-state index contributed by atoms with van der Waals surface area (Å²) in [4.78, 5) is 28.1. The van der Waals surface area contributed by atoms with E-state index < -0.39 is 58.9 Å². The van der Waals surface area contributed by atoms with Gasteiger partial charge in [-0.25, -0.2) is 4.39 Å². The largest absolute Gasteiger partial charge is 0.493 e. The number of methoxy groups -OCH3 is 1. The summed E-state index contributed by atoms with van der Waals surface area (Å²) in [6.45, 7) is 1.91. The number of nitrogens with two attached hydrogens (primary N) is 1. The maximum Gasteiger partial charge on any atom is 0.417 e. The number of pyridine rings is 1. The zero-order valence-corrected chi connectivity index (χ0v) is 17.6. The molecule has 2 amide bonds. The van der Waals surface area contributed by atoms with Crippen molar-refractivity contribution in [3.63, 3.8) is 0 Å². The van der Waals surface area contributed by atoms with Gasteiger partial charge in [-0.1, -0.05) is 13.0 Å². The molecule has 0 aliphatic carbocycles. The number of anilines is 1. The number of carbonyl (C=O) groups is 2. The van der Waals surface area contributed by atoms with Gasteiger partial charge in [0.25, 0.3) is 11.8 Å². The predicted molar refractivity (Wildman–Crippen MR) is 106 cm³/mol. The van der Waals surface area contributed by atoms with Gasteiger partial charge in [0.2, 0.25) is 5.82 Å². The van der Waals surface area contributed by atoms with Crippen LogP contribution in [0.25, 0.3) is 0 Å². The number of hydrogen-bond donors (Lipinski definition) is 2. The Hall–Kier alpha value is -3.28. The highest BCUT2D eigenvalue weighted by Gasteiger charge is 2.65. The standard InChI is InChI=1S/C21H20F5N3O4/c1-9-14(11-4-5-12(22)15(23)16(11)32-3)17(33-20(9,2)21(24,25)26)19(31)29-10-6-7-28-13(8-10)18(27)30/h4-9,14,17H,1-3H3,(H2,27,30)(H,28,29,31)/t9-,14+,17+,20-/m0/s1/i6D. The van der Waals surface area contributed by atoms with Crippen molar-refractivity contribution in [3.8, 4) is 5.75 Å². The number of alkyl halides is 3. The second-order valence-electron chi connectivity index (χ2n) is 7.64. The summed E-state index contributed by atoms with van der Waals surface area (Å²) in [5.74, 6) is -8.34. The van der Waals surface area contributed by atoms with Crippen molar-refractivity contribution in [1.29, 1.82) is 0 Å². The van der Waals surface area contributed by atoms with Crippen LogP contribution in [0.2, 0.25) is 0 Å². The van der Waals surface area contributed by atoms with E-state index in [1.165, 1.54) is 6.92 Å². The third-order valence-corrected chi connectivity index (χ3v) is 5.79. The van der Waals surface area contributed by atoms with Crippen molar-refractivity contribution in [1.82, 2.24) is 4.98 Å². The van der Waals surface area contributed by atoms with Crippen LogP contribution in [-0.4, -0.2) is 41.8 Å². The fourth-order valence-corrected chi connectivity index (χ4v) is 3.84. The van der Waals surface area contributed by atoms with Crippen LogP contribution in [0.4, 0.5) is 27.6 Å². The minimum atomic E-state index is -4.93. The van der Waals surface area contributed by atoms with Crippen LogP contribution in [0.5, 0.6) is 5.75 Å². The van der Waals surface area contributed by atoms with Crippen LogP contribution in [-0.2, 0) is 9.53 Å². The first-order valence-corrected chi connectivity index (χ1v) is 9.56. The Balaban J connectivity index is 2.10. The van der Waals surface area contributed by atoms with Crippen molar-refractivity contribution in [3.05, 3.63) is 53.3 Å². The number of ether oxygens (including phenoxy) is 2. The van der Waals surface area contributed by atoms with Gasteiger partial charge in [0.15, 0.2) is 17.2 Å². The Morgan fingerprint density at radius 3 is 2.58 bits per heavy atom. The molecule has 0 radical (unpaired) electrons. The minimum absolute atomic E-state index is 0.208. The topological polar surface area (TPSA) is 104 Å². The van der Waals surface area contributed by atoms with E-state index >= 15 is 0 Å². The third-order valence-electron chi connectivity index (χ3n) is 5.79. The van der Waals surface area contributed by atoms with E-state index in [1.54, 1.807) is 0 Å². The van der Waals surface area contributed by atoms with Gasteiger partial charge >= 0.3 is 6.18 Å². The number of benzene rings is 1. The highest BCUT2D eigenvalue weighted by molar-refractivity contribution is 5.97. The molecule has 3 rings (SSSR count). The summed E-state index contributed by atoms with van der Waals surface area (Å²) < 4.78 is 88.0. The molecule has 2 aromatic rings. The van der Waals surface area contributed by atoms with Crippen LogP contribution < -0.4 is 15.8 Å². The fraction of sp³-hybridized carbons (Fsp3) is 0.381. The first kappa shape index (κ1) is 22.9. The van der Waals surface area contributed by atoms with Crippen molar-refractivity contribution < 1.29 is 42.4 Å². The van der Waals surface area contributed by atoms with Crippen molar-refractivity contribution in [2.45, 2.75) is 37.6 Å². The Bertz CT molecular complexity index is 1150. The number of halogens is 5. The summed E-state index contributed by atoms with van der Waals surface area (Å²) >= 11 is 0. The third kappa shape index (κ3) is 4.22. The number of hydrogen-bond acceptors (Lipinski definition) is 5. The molecule has 0 saturated carbocycles. The molecular formula is C21H20F5N3O4. The molecule has 0 bridgehead atoms. The maximum atomic E-state index is 14.4. The smallest absolute Gasteiger partial charge is 0.417 e.